The van der Waals surface area contributed by atoms with Crippen LogP contribution in [0.3, 0.4) is 0 Å². The van der Waals surface area contributed by atoms with Crippen molar-refractivity contribution in [2.75, 3.05) is 0 Å². The first-order valence-electron chi connectivity index (χ1n) is 8.48. The number of halogens is 1. The summed E-state index contributed by atoms with van der Waals surface area (Å²) < 4.78 is 18.4. The molecule has 2 heterocycles. The van der Waals surface area contributed by atoms with E-state index in [4.69, 9.17) is 15.1 Å². The van der Waals surface area contributed by atoms with Crippen LogP contribution in [0.25, 0.3) is 10.6 Å². The maximum Gasteiger partial charge on any atom is 0.255 e. The number of carbonyl (C=O) groups is 1. The number of aryl methyl sites for hydroxylation is 1. The van der Waals surface area contributed by atoms with Crippen LogP contribution in [0, 0.1) is 5.82 Å². The van der Waals surface area contributed by atoms with Crippen LogP contribution in [-0.4, -0.2) is 10.9 Å². The van der Waals surface area contributed by atoms with Crippen LogP contribution in [0.4, 0.5) is 4.39 Å². The first-order valence-corrected chi connectivity index (χ1v) is 9.29. The van der Waals surface area contributed by atoms with Gasteiger partial charge in [-0.1, -0.05) is 0 Å². The Morgan fingerprint density at radius 2 is 2.19 bits per heavy atom. The first kappa shape index (κ1) is 16.9. The van der Waals surface area contributed by atoms with E-state index in [1.54, 1.807) is 29.5 Å². The van der Waals surface area contributed by atoms with Gasteiger partial charge in [-0.3, -0.25) is 4.79 Å². The van der Waals surface area contributed by atoms with Crippen LogP contribution in [0.15, 0.2) is 41.0 Å². The first-order chi connectivity index (χ1) is 12.6. The van der Waals surface area contributed by atoms with Crippen molar-refractivity contribution in [3.63, 3.8) is 0 Å². The lowest BCUT2D eigenvalue weighted by atomic mass is 9.98. The second-order valence-electron chi connectivity index (χ2n) is 6.26. The average molecular weight is 371 g/mol. The standard InChI is InChI=1S/C19H18FN3O2S/c20-13-6-4-11(5-7-13)19-23-16-3-1-2-15(17(16)26-19)22-18(24)12-8-14(9-21)25-10-12/h4-8,10,15H,1-3,9,21H2,(H,22,24). The van der Waals surface area contributed by atoms with E-state index in [2.05, 4.69) is 5.32 Å². The summed E-state index contributed by atoms with van der Waals surface area (Å²) in [6.45, 7) is 0.261. The highest BCUT2D eigenvalue weighted by molar-refractivity contribution is 7.15. The number of furan rings is 1. The van der Waals surface area contributed by atoms with Crippen LogP contribution in [0.2, 0.25) is 0 Å². The molecule has 3 N–H and O–H groups in total. The minimum Gasteiger partial charge on any atom is -0.467 e. The molecule has 1 amide bonds. The Morgan fingerprint density at radius 1 is 1.38 bits per heavy atom. The number of carbonyl (C=O) groups excluding carboxylic acids is 1. The van der Waals surface area contributed by atoms with E-state index in [0.29, 0.717) is 11.3 Å². The second-order valence-corrected chi connectivity index (χ2v) is 7.29. The molecule has 0 fully saturated rings. The fourth-order valence-corrected chi connectivity index (χ4v) is 4.32. The fourth-order valence-electron chi connectivity index (χ4n) is 3.12. The maximum absolute atomic E-state index is 13.1. The van der Waals surface area contributed by atoms with Gasteiger partial charge in [0.15, 0.2) is 0 Å². The lowest BCUT2D eigenvalue weighted by Crippen LogP contribution is -2.30. The number of nitrogens with zero attached hydrogens (tertiary/aromatic N) is 1. The van der Waals surface area contributed by atoms with Crippen molar-refractivity contribution >= 4 is 17.2 Å². The molecule has 1 unspecified atom stereocenters. The predicted molar refractivity (Wildman–Crippen MR) is 97.3 cm³/mol. The number of benzene rings is 1. The van der Waals surface area contributed by atoms with Crippen molar-refractivity contribution in [3.8, 4) is 10.6 Å². The van der Waals surface area contributed by atoms with E-state index in [-0.39, 0.29) is 24.3 Å². The van der Waals surface area contributed by atoms with Crippen molar-refractivity contribution < 1.29 is 13.6 Å². The zero-order valence-electron chi connectivity index (χ0n) is 14.0. The molecule has 0 radical (unpaired) electrons. The topological polar surface area (TPSA) is 81.2 Å². The molecule has 1 aliphatic rings. The van der Waals surface area contributed by atoms with Crippen molar-refractivity contribution in [1.29, 1.82) is 0 Å². The normalized spacial score (nSPS) is 16.3. The Labute approximate surface area is 154 Å². The molecule has 1 aromatic carbocycles. The van der Waals surface area contributed by atoms with Gasteiger partial charge in [0.1, 0.15) is 22.8 Å². The van der Waals surface area contributed by atoms with Crippen molar-refractivity contribution in [3.05, 3.63) is 64.3 Å². The van der Waals surface area contributed by atoms with Crippen LogP contribution >= 0.6 is 11.3 Å². The Balaban J connectivity index is 1.57. The Kier molecular flexibility index (Phi) is 4.57. The summed E-state index contributed by atoms with van der Waals surface area (Å²) in [6.07, 6.45) is 4.15. The summed E-state index contributed by atoms with van der Waals surface area (Å²) in [5, 5.41) is 3.93. The van der Waals surface area contributed by atoms with Gasteiger partial charge in [0.25, 0.3) is 5.91 Å². The van der Waals surface area contributed by atoms with Gasteiger partial charge in [-0.15, -0.1) is 11.3 Å². The molecular formula is C19H18FN3O2S. The minimum atomic E-state index is -0.267. The predicted octanol–water partition coefficient (Wildman–Crippen LogP) is 3.81. The number of fused-ring (bicyclic) bond motifs is 1. The number of nitrogens with two attached hydrogens (primary N) is 1. The number of aromatic nitrogens is 1. The van der Waals surface area contributed by atoms with Gasteiger partial charge >= 0.3 is 0 Å². The third-order valence-electron chi connectivity index (χ3n) is 4.46. The third kappa shape index (κ3) is 3.27. The largest absolute Gasteiger partial charge is 0.467 e. The summed E-state index contributed by atoms with van der Waals surface area (Å²) in [7, 11) is 0. The number of thiazole rings is 1. The molecule has 0 aliphatic heterocycles. The number of hydrogen-bond acceptors (Lipinski definition) is 5. The highest BCUT2D eigenvalue weighted by Crippen LogP contribution is 2.38. The summed E-state index contributed by atoms with van der Waals surface area (Å²) in [6, 6.07) is 7.91. The highest BCUT2D eigenvalue weighted by Gasteiger charge is 2.27. The van der Waals surface area contributed by atoms with E-state index < -0.39 is 0 Å². The van der Waals surface area contributed by atoms with Crippen LogP contribution in [0.1, 0.15) is 45.6 Å². The smallest absolute Gasteiger partial charge is 0.255 e. The number of nitrogens with one attached hydrogen (secondary N) is 1. The van der Waals surface area contributed by atoms with Crippen LogP contribution in [-0.2, 0) is 13.0 Å². The third-order valence-corrected chi connectivity index (χ3v) is 5.72. The van der Waals surface area contributed by atoms with Crippen LogP contribution in [0.5, 0.6) is 0 Å². The summed E-state index contributed by atoms with van der Waals surface area (Å²) >= 11 is 1.56. The number of rotatable bonds is 4. The lowest BCUT2D eigenvalue weighted by molar-refractivity contribution is 0.0933. The van der Waals surface area contributed by atoms with Crippen molar-refractivity contribution in [2.45, 2.75) is 31.8 Å². The van der Waals surface area contributed by atoms with E-state index >= 15 is 0 Å². The van der Waals surface area contributed by atoms with Crippen LogP contribution < -0.4 is 11.1 Å². The van der Waals surface area contributed by atoms with E-state index in [0.717, 1.165) is 40.4 Å². The maximum atomic E-state index is 13.1. The molecule has 4 rings (SSSR count). The van der Waals surface area contributed by atoms with E-state index in [1.165, 1.54) is 18.4 Å². The molecule has 7 heteroatoms. The molecular weight excluding hydrogens is 353 g/mol. The van der Waals surface area contributed by atoms with Crippen molar-refractivity contribution in [2.24, 2.45) is 5.73 Å². The second kappa shape index (κ2) is 7.01. The monoisotopic (exact) mass is 371 g/mol. The fraction of sp³-hybridized carbons (Fsp3) is 0.263. The number of amides is 1. The Morgan fingerprint density at radius 3 is 2.92 bits per heavy atom. The van der Waals surface area contributed by atoms with Gasteiger partial charge in [0.05, 0.1) is 28.7 Å². The van der Waals surface area contributed by atoms with Gasteiger partial charge in [-0.2, -0.15) is 0 Å². The molecule has 5 nitrogen and oxygen atoms in total. The lowest BCUT2D eigenvalue weighted by Gasteiger charge is -2.22. The Bertz CT molecular complexity index is 933. The molecule has 0 saturated carbocycles. The van der Waals surface area contributed by atoms with Gasteiger partial charge in [0, 0.05) is 5.56 Å². The van der Waals surface area contributed by atoms with Gasteiger partial charge < -0.3 is 15.5 Å². The molecule has 3 aromatic rings. The summed E-state index contributed by atoms with van der Waals surface area (Å²) in [5.41, 5.74) is 7.90. The van der Waals surface area contributed by atoms with Gasteiger partial charge in [-0.05, 0) is 49.6 Å². The minimum absolute atomic E-state index is 0.0748. The van der Waals surface area contributed by atoms with Crippen molar-refractivity contribution in [1.82, 2.24) is 10.3 Å². The summed E-state index contributed by atoms with van der Waals surface area (Å²) in [5.74, 6) is 0.135. The average Bonchev–Trinajstić information content (AvgIpc) is 3.30. The molecule has 0 bridgehead atoms. The van der Waals surface area contributed by atoms with E-state index in [1.807, 2.05) is 0 Å². The van der Waals surface area contributed by atoms with Gasteiger partial charge in [0.2, 0.25) is 0 Å². The molecule has 0 spiro atoms. The molecule has 2 aromatic heterocycles. The molecule has 1 atom stereocenters. The SMILES string of the molecule is NCc1cc(C(=O)NC2CCCc3nc(-c4ccc(F)cc4)sc32)co1. The molecule has 26 heavy (non-hydrogen) atoms. The Hall–Kier alpha value is -2.51. The zero-order chi connectivity index (χ0) is 18.1. The zero-order valence-corrected chi connectivity index (χ0v) is 14.8. The quantitative estimate of drug-likeness (QED) is 0.731. The molecule has 134 valence electrons. The van der Waals surface area contributed by atoms with Gasteiger partial charge in [-0.25, -0.2) is 9.37 Å². The number of hydrogen-bond donors (Lipinski definition) is 2. The highest BCUT2D eigenvalue weighted by atomic mass is 32.1. The molecule has 1 aliphatic carbocycles. The van der Waals surface area contributed by atoms with E-state index in [9.17, 15) is 9.18 Å². The molecule has 0 saturated heterocycles. The summed E-state index contributed by atoms with van der Waals surface area (Å²) in [4.78, 5) is 18.3.